The quantitative estimate of drug-likeness (QED) is 0.0312. The number of carbonyl (C=O) groups excluding carboxylic acids is 1. The molecule has 0 fully saturated rings. The minimum absolute atomic E-state index is 0.00221. The van der Waals surface area contributed by atoms with Gasteiger partial charge in [0.25, 0.3) is 7.82 Å². The first-order valence-electron chi connectivity index (χ1n) is 18.7. The number of likely N-dealkylation sites (N-methyl/N-ethyl adjacent to an activating group) is 1. The van der Waals surface area contributed by atoms with Crippen molar-refractivity contribution in [2.75, 3.05) is 40.9 Å². The van der Waals surface area contributed by atoms with Gasteiger partial charge >= 0.3 is 0 Å². The second-order valence-electron chi connectivity index (χ2n) is 13.9. The Morgan fingerprint density at radius 1 is 0.739 bits per heavy atom. The van der Waals surface area contributed by atoms with E-state index in [9.17, 15) is 19.4 Å². The van der Waals surface area contributed by atoms with Crippen LogP contribution in [0, 0.1) is 0 Å². The number of hydrogen-bond donors (Lipinski definition) is 2. The molecule has 8 nitrogen and oxygen atoms in total. The van der Waals surface area contributed by atoms with Gasteiger partial charge in [-0.1, -0.05) is 128 Å². The lowest BCUT2D eigenvalue weighted by molar-refractivity contribution is -0.870. The molecule has 0 aliphatic rings. The van der Waals surface area contributed by atoms with Crippen LogP contribution in [0.5, 0.6) is 0 Å². The van der Waals surface area contributed by atoms with Gasteiger partial charge in [-0.25, -0.2) is 0 Å². The van der Waals surface area contributed by atoms with Crippen LogP contribution in [0.25, 0.3) is 0 Å². The number of nitrogens with one attached hydrogen (secondary N) is 1. The second kappa shape index (κ2) is 30.1. The molecular formula is C37H73N2O6P. The maximum atomic E-state index is 12.7. The van der Waals surface area contributed by atoms with Crippen LogP contribution in [-0.2, 0) is 18.4 Å². The first-order valence-corrected chi connectivity index (χ1v) is 20.2. The number of phosphoric acid groups is 1. The molecule has 0 aromatic carbocycles. The van der Waals surface area contributed by atoms with Gasteiger partial charge in [-0.05, 0) is 44.9 Å². The van der Waals surface area contributed by atoms with Crippen LogP contribution < -0.4 is 10.2 Å². The summed E-state index contributed by atoms with van der Waals surface area (Å²) in [7, 11) is 1.25. The smallest absolute Gasteiger partial charge is 0.268 e. The zero-order valence-electron chi connectivity index (χ0n) is 30.5. The molecule has 2 N–H and O–H groups in total. The van der Waals surface area contributed by atoms with E-state index < -0.39 is 20.0 Å². The highest BCUT2D eigenvalue weighted by molar-refractivity contribution is 7.45. The number of allylic oxidation sites excluding steroid dienone is 3. The van der Waals surface area contributed by atoms with Gasteiger partial charge in [0.1, 0.15) is 13.2 Å². The Morgan fingerprint density at radius 2 is 1.20 bits per heavy atom. The van der Waals surface area contributed by atoms with Gasteiger partial charge in [-0.15, -0.1) is 0 Å². The average molecular weight is 673 g/mol. The maximum absolute atomic E-state index is 12.7. The van der Waals surface area contributed by atoms with Crippen molar-refractivity contribution in [2.24, 2.45) is 0 Å². The van der Waals surface area contributed by atoms with Crippen molar-refractivity contribution in [1.82, 2.24) is 5.32 Å². The van der Waals surface area contributed by atoms with Gasteiger partial charge in [0.2, 0.25) is 5.91 Å². The topological polar surface area (TPSA) is 108 Å². The summed E-state index contributed by atoms with van der Waals surface area (Å²) in [6.07, 6.45) is 32.1. The molecule has 0 rings (SSSR count). The van der Waals surface area contributed by atoms with Crippen LogP contribution in [0.1, 0.15) is 155 Å². The van der Waals surface area contributed by atoms with E-state index in [1.807, 2.05) is 27.2 Å². The molecule has 0 radical (unpaired) electrons. The molecule has 9 heteroatoms. The van der Waals surface area contributed by atoms with E-state index in [2.05, 4.69) is 31.3 Å². The molecular weight excluding hydrogens is 599 g/mol. The van der Waals surface area contributed by atoms with E-state index in [0.717, 1.165) is 51.4 Å². The van der Waals surface area contributed by atoms with E-state index >= 15 is 0 Å². The number of amides is 1. The Balaban J connectivity index is 4.55. The summed E-state index contributed by atoms with van der Waals surface area (Å²) >= 11 is 0. The summed E-state index contributed by atoms with van der Waals surface area (Å²) in [6.45, 7) is 4.58. The van der Waals surface area contributed by atoms with Gasteiger partial charge in [-0.2, -0.15) is 0 Å². The molecule has 0 aliphatic carbocycles. The van der Waals surface area contributed by atoms with Crippen molar-refractivity contribution in [1.29, 1.82) is 0 Å². The zero-order valence-corrected chi connectivity index (χ0v) is 31.4. The number of unbranched alkanes of at least 4 members (excludes halogenated alkanes) is 18. The van der Waals surface area contributed by atoms with E-state index in [0.29, 0.717) is 17.4 Å². The van der Waals surface area contributed by atoms with Crippen molar-refractivity contribution in [3.63, 3.8) is 0 Å². The molecule has 1 unspecified atom stereocenters. The minimum atomic E-state index is -4.57. The third kappa shape index (κ3) is 31.6. The number of hydrogen-bond acceptors (Lipinski definition) is 6. The summed E-state index contributed by atoms with van der Waals surface area (Å²) in [4.78, 5) is 25.1. The van der Waals surface area contributed by atoms with Gasteiger partial charge < -0.3 is 28.8 Å². The first kappa shape index (κ1) is 45.0. The Hall–Kier alpha value is -1.02. The molecule has 0 saturated heterocycles. The Labute approximate surface area is 284 Å². The first-order chi connectivity index (χ1) is 22.0. The fourth-order valence-corrected chi connectivity index (χ4v) is 5.81. The molecule has 0 aromatic rings. The molecule has 0 saturated carbocycles. The molecule has 0 bridgehead atoms. The predicted molar refractivity (Wildman–Crippen MR) is 192 cm³/mol. The van der Waals surface area contributed by atoms with Crippen molar-refractivity contribution in [3.05, 3.63) is 24.3 Å². The maximum Gasteiger partial charge on any atom is 0.268 e. The fraction of sp³-hybridized carbons (Fsp3) is 0.865. The molecule has 272 valence electrons. The van der Waals surface area contributed by atoms with Crippen LogP contribution in [0.2, 0.25) is 0 Å². The predicted octanol–water partition coefficient (Wildman–Crippen LogP) is 8.77. The number of quaternary nitrogens is 1. The molecule has 46 heavy (non-hydrogen) atoms. The molecule has 3 atom stereocenters. The fourth-order valence-electron chi connectivity index (χ4n) is 5.09. The standard InChI is InChI=1S/C37H73N2O6P/c1-6-8-10-12-14-16-18-19-20-21-23-25-27-29-31-37(41)38-35(34-45-46(42,43)44-33-32-39(3,4)5)36(40)30-28-26-24-22-17-15-13-11-9-7-2/h18-19,28,30,35-36,40H,6-17,20-27,29,31-34H2,1-5H3,(H-,38,41,42,43)/b19-18+,30-28+/t35-,36+/m0/s1. The molecule has 0 aliphatic heterocycles. The van der Waals surface area contributed by atoms with Crippen LogP contribution in [-0.4, -0.2) is 68.5 Å². The minimum Gasteiger partial charge on any atom is -0.756 e. The highest BCUT2D eigenvalue weighted by Gasteiger charge is 2.23. The zero-order chi connectivity index (χ0) is 34.4. The molecule has 1 amide bonds. The lowest BCUT2D eigenvalue weighted by Gasteiger charge is -2.29. The van der Waals surface area contributed by atoms with Gasteiger partial charge in [-0.3, -0.25) is 9.36 Å². The highest BCUT2D eigenvalue weighted by Crippen LogP contribution is 2.38. The van der Waals surface area contributed by atoms with Crippen molar-refractivity contribution < 1.29 is 32.9 Å². The third-order valence-corrected chi connectivity index (χ3v) is 9.12. The Morgan fingerprint density at radius 3 is 1.70 bits per heavy atom. The molecule has 0 spiro atoms. The van der Waals surface area contributed by atoms with E-state index in [1.165, 1.54) is 83.5 Å². The van der Waals surface area contributed by atoms with E-state index in [-0.39, 0.29) is 19.1 Å². The van der Waals surface area contributed by atoms with Crippen LogP contribution in [0.15, 0.2) is 24.3 Å². The summed E-state index contributed by atoms with van der Waals surface area (Å²) < 4.78 is 23.0. The van der Waals surface area contributed by atoms with E-state index in [1.54, 1.807) is 6.08 Å². The highest BCUT2D eigenvalue weighted by atomic mass is 31.2. The lowest BCUT2D eigenvalue weighted by Crippen LogP contribution is -2.45. The number of phosphoric ester groups is 1. The second-order valence-corrected chi connectivity index (χ2v) is 15.3. The van der Waals surface area contributed by atoms with Crippen LogP contribution >= 0.6 is 7.82 Å². The summed E-state index contributed by atoms with van der Waals surface area (Å²) in [5.41, 5.74) is 0. The number of nitrogens with zero attached hydrogens (tertiary/aromatic N) is 1. The van der Waals surface area contributed by atoms with Gasteiger partial charge in [0, 0.05) is 6.42 Å². The van der Waals surface area contributed by atoms with Gasteiger partial charge in [0.15, 0.2) is 0 Å². The largest absolute Gasteiger partial charge is 0.756 e. The molecule has 0 aromatic heterocycles. The Bertz CT molecular complexity index is 814. The van der Waals surface area contributed by atoms with Crippen molar-refractivity contribution in [3.8, 4) is 0 Å². The summed E-state index contributed by atoms with van der Waals surface area (Å²) in [5.74, 6) is -0.210. The van der Waals surface area contributed by atoms with E-state index in [4.69, 9.17) is 9.05 Å². The average Bonchev–Trinajstić information content (AvgIpc) is 2.99. The molecule has 0 heterocycles. The number of carbonyl (C=O) groups is 1. The normalized spacial score (nSPS) is 15.0. The van der Waals surface area contributed by atoms with Crippen molar-refractivity contribution in [2.45, 2.75) is 167 Å². The lowest BCUT2D eigenvalue weighted by atomic mass is 10.1. The van der Waals surface area contributed by atoms with Crippen molar-refractivity contribution >= 4 is 13.7 Å². The summed E-state index contributed by atoms with van der Waals surface area (Å²) in [6, 6.07) is -0.884. The van der Waals surface area contributed by atoms with Crippen LogP contribution in [0.3, 0.4) is 0 Å². The van der Waals surface area contributed by atoms with Gasteiger partial charge in [0.05, 0.1) is 39.9 Å². The monoisotopic (exact) mass is 673 g/mol. The third-order valence-electron chi connectivity index (χ3n) is 8.16. The SMILES string of the molecule is CCCCCCC/C=C/CCCCCCCC(=O)N[C@@H](COP(=O)([O-])OCC[N+](C)(C)C)[C@H](O)/C=C/CCCCCCCCCC. The number of aliphatic hydroxyl groups excluding tert-OH is 1. The number of aliphatic hydroxyl groups is 1. The Kier molecular flexibility index (Phi) is 29.4. The van der Waals surface area contributed by atoms with Crippen LogP contribution in [0.4, 0.5) is 0 Å². The summed E-state index contributed by atoms with van der Waals surface area (Å²) in [5, 5.41) is 13.6. The number of rotatable bonds is 33.